The van der Waals surface area contributed by atoms with Crippen LogP contribution in [0.4, 0.5) is 5.69 Å². The lowest BCUT2D eigenvalue weighted by Gasteiger charge is -2.08. The summed E-state index contributed by atoms with van der Waals surface area (Å²) in [6.45, 7) is 0. The molecule has 0 atom stereocenters. The number of hydrogen-bond acceptors (Lipinski definition) is 5. The molecule has 4 N–H and O–H groups in total. The van der Waals surface area contributed by atoms with Crippen LogP contribution in [0.3, 0.4) is 0 Å². The predicted molar refractivity (Wildman–Crippen MR) is 184 cm³/mol. The van der Waals surface area contributed by atoms with Gasteiger partial charge in [0.2, 0.25) is 0 Å². The number of para-hydroxylation sites is 6. The van der Waals surface area contributed by atoms with Crippen LogP contribution < -0.4 is 20.7 Å². The Balaban J connectivity index is 0.000000123. The van der Waals surface area contributed by atoms with Gasteiger partial charge < -0.3 is 19.9 Å². The van der Waals surface area contributed by atoms with Gasteiger partial charge in [0.15, 0.2) is 5.78 Å². The van der Waals surface area contributed by atoms with E-state index in [0.717, 1.165) is 50.8 Å². The van der Waals surface area contributed by atoms with Crippen molar-refractivity contribution in [2.24, 2.45) is 5.84 Å². The van der Waals surface area contributed by atoms with Gasteiger partial charge in [0.1, 0.15) is 23.0 Å². The number of rotatable bonds is 1. The standard InChI is InChI=1S/C20H13NO.C14H10O2.C6H8N2/c1-4-10-16-13(7-1)19-14-8-2-5-11-17(14)22-18-12-6-3-9-15(18)20(19)21-16;15-12-9-10-5-1-3-7-13(10)16-14-8-4-2-6-11(12)14;7-8-6-4-2-1-3-5-6/h1-12,21H;1-8H,9H2;1-5,8H,7H2. The summed E-state index contributed by atoms with van der Waals surface area (Å²) in [5.41, 5.74) is 10.8. The third-order valence-electron chi connectivity index (χ3n) is 7.91. The van der Waals surface area contributed by atoms with Gasteiger partial charge in [0.05, 0.1) is 11.3 Å². The molecule has 0 bridgehead atoms. The van der Waals surface area contributed by atoms with Crippen LogP contribution in [-0.2, 0) is 6.42 Å². The molecule has 2 aliphatic rings. The Hall–Kier alpha value is -6.11. The summed E-state index contributed by atoms with van der Waals surface area (Å²) in [5, 5.41) is 1.23. The summed E-state index contributed by atoms with van der Waals surface area (Å²) in [7, 11) is 0. The van der Waals surface area contributed by atoms with E-state index in [1.165, 1.54) is 10.9 Å². The fourth-order valence-corrected chi connectivity index (χ4v) is 5.72. The molecular weight excluding hydrogens is 570 g/mol. The summed E-state index contributed by atoms with van der Waals surface area (Å²) in [4.78, 5) is 15.6. The monoisotopic (exact) mass is 601 g/mol. The third kappa shape index (κ3) is 5.73. The second-order valence-corrected chi connectivity index (χ2v) is 10.8. The average Bonchev–Trinajstić information content (AvgIpc) is 3.35. The molecule has 46 heavy (non-hydrogen) atoms. The van der Waals surface area contributed by atoms with Gasteiger partial charge in [-0.3, -0.25) is 10.6 Å². The number of ether oxygens (including phenoxy) is 2. The largest absolute Gasteiger partial charge is 0.456 e. The number of aromatic nitrogens is 1. The molecular formula is C40H31N3O3. The van der Waals surface area contributed by atoms with Gasteiger partial charge in [-0.25, -0.2) is 0 Å². The Morgan fingerprint density at radius 2 is 1.07 bits per heavy atom. The Bertz CT molecular complexity index is 2150. The van der Waals surface area contributed by atoms with Crippen LogP contribution in [0.5, 0.6) is 23.0 Å². The number of hydrazine groups is 1. The maximum atomic E-state index is 12.0. The number of aromatic amines is 1. The Labute approximate surface area is 267 Å². The molecule has 3 heterocycles. The number of nitrogen functional groups attached to an aromatic ring is 1. The molecule has 0 spiro atoms. The van der Waals surface area contributed by atoms with E-state index >= 15 is 0 Å². The summed E-state index contributed by atoms with van der Waals surface area (Å²) >= 11 is 0. The van der Waals surface area contributed by atoms with Crippen molar-refractivity contribution in [3.05, 3.63) is 163 Å². The first-order valence-electron chi connectivity index (χ1n) is 15.1. The summed E-state index contributed by atoms with van der Waals surface area (Å²) in [6, 6.07) is 49.5. The van der Waals surface area contributed by atoms with E-state index < -0.39 is 0 Å². The van der Waals surface area contributed by atoms with E-state index in [2.05, 4.69) is 52.9 Å². The van der Waals surface area contributed by atoms with Crippen molar-refractivity contribution in [1.82, 2.24) is 4.98 Å². The van der Waals surface area contributed by atoms with Crippen molar-refractivity contribution >= 4 is 22.4 Å². The molecule has 6 heteroatoms. The van der Waals surface area contributed by atoms with E-state index in [1.807, 2.05) is 109 Å². The number of hydrogen-bond donors (Lipinski definition) is 3. The molecule has 0 unspecified atom stereocenters. The van der Waals surface area contributed by atoms with Crippen LogP contribution in [0.15, 0.2) is 152 Å². The van der Waals surface area contributed by atoms with E-state index in [0.29, 0.717) is 17.7 Å². The van der Waals surface area contributed by atoms with Gasteiger partial charge in [0, 0.05) is 45.3 Å². The highest BCUT2D eigenvalue weighted by Gasteiger charge is 2.24. The maximum absolute atomic E-state index is 12.0. The van der Waals surface area contributed by atoms with Crippen LogP contribution in [0.1, 0.15) is 15.9 Å². The first-order chi connectivity index (χ1) is 22.7. The van der Waals surface area contributed by atoms with Crippen molar-refractivity contribution in [3.63, 3.8) is 0 Å². The number of fused-ring (bicyclic) bond motifs is 9. The quantitative estimate of drug-likeness (QED) is 0.129. The fourth-order valence-electron chi connectivity index (χ4n) is 5.72. The van der Waals surface area contributed by atoms with Gasteiger partial charge in [-0.15, -0.1) is 0 Å². The predicted octanol–water partition coefficient (Wildman–Crippen LogP) is 9.80. The number of Topliss-reactive ketones (excluding diaryl/α,β-unsaturated/α-hetero) is 1. The summed E-state index contributed by atoms with van der Waals surface area (Å²) < 4.78 is 11.9. The Morgan fingerprint density at radius 1 is 0.543 bits per heavy atom. The zero-order valence-corrected chi connectivity index (χ0v) is 24.9. The highest BCUT2D eigenvalue weighted by molar-refractivity contribution is 6.06. The SMILES string of the molecule is NNc1ccccc1.O=C1Cc2ccccc2Oc2ccccc21.c1ccc2c(c1)Oc1ccccc1-c1c-2[nH]c2ccccc12. The molecule has 7 aromatic rings. The highest BCUT2D eigenvalue weighted by Crippen LogP contribution is 2.48. The number of carbonyl (C=O) groups excluding carboxylic acids is 1. The molecule has 6 aromatic carbocycles. The van der Waals surface area contributed by atoms with Crippen molar-refractivity contribution in [1.29, 1.82) is 0 Å². The fraction of sp³-hybridized carbons (Fsp3) is 0.0250. The molecule has 0 saturated carbocycles. The van der Waals surface area contributed by atoms with Crippen LogP contribution in [0.2, 0.25) is 0 Å². The molecule has 1 aromatic heterocycles. The van der Waals surface area contributed by atoms with Crippen LogP contribution in [0.25, 0.3) is 33.3 Å². The minimum absolute atomic E-state index is 0.112. The second kappa shape index (κ2) is 12.9. The number of carbonyl (C=O) groups is 1. The number of nitrogens with two attached hydrogens (primary N) is 1. The molecule has 9 rings (SSSR count). The molecule has 0 fully saturated rings. The number of benzene rings is 6. The third-order valence-corrected chi connectivity index (χ3v) is 7.91. The lowest BCUT2D eigenvalue weighted by molar-refractivity contribution is 0.0993. The van der Waals surface area contributed by atoms with Gasteiger partial charge in [-0.05, 0) is 54.6 Å². The minimum Gasteiger partial charge on any atom is -0.456 e. The molecule has 0 radical (unpaired) electrons. The molecule has 6 nitrogen and oxygen atoms in total. The van der Waals surface area contributed by atoms with Gasteiger partial charge in [0.25, 0.3) is 0 Å². The molecule has 2 aliphatic heterocycles. The number of ketones is 1. The molecule has 0 aliphatic carbocycles. The molecule has 0 amide bonds. The summed E-state index contributed by atoms with van der Waals surface area (Å²) in [5.74, 6) is 8.43. The van der Waals surface area contributed by atoms with E-state index in [-0.39, 0.29) is 5.78 Å². The lowest BCUT2D eigenvalue weighted by Crippen LogP contribution is -2.05. The van der Waals surface area contributed by atoms with Gasteiger partial charge >= 0.3 is 0 Å². The normalized spacial score (nSPS) is 11.9. The maximum Gasteiger partial charge on any atom is 0.171 e. The first-order valence-corrected chi connectivity index (χ1v) is 15.1. The number of anilines is 1. The summed E-state index contributed by atoms with van der Waals surface area (Å²) in [6.07, 6.45) is 0.410. The topological polar surface area (TPSA) is 89.4 Å². The number of nitrogens with one attached hydrogen (secondary N) is 2. The second-order valence-electron chi connectivity index (χ2n) is 10.8. The highest BCUT2D eigenvalue weighted by atomic mass is 16.5. The molecule has 0 saturated heterocycles. The van der Waals surface area contributed by atoms with Crippen LogP contribution in [-0.4, -0.2) is 10.8 Å². The van der Waals surface area contributed by atoms with Crippen molar-refractivity contribution in [3.8, 4) is 45.4 Å². The zero-order chi connectivity index (χ0) is 31.3. The average molecular weight is 602 g/mol. The van der Waals surface area contributed by atoms with E-state index in [9.17, 15) is 4.79 Å². The van der Waals surface area contributed by atoms with Crippen LogP contribution >= 0.6 is 0 Å². The minimum atomic E-state index is 0.112. The van der Waals surface area contributed by atoms with Crippen molar-refractivity contribution in [2.45, 2.75) is 6.42 Å². The number of H-pyrrole nitrogens is 1. The smallest absolute Gasteiger partial charge is 0.171 e. The van der Waals surface area contributed by atoms with Gasteiger partial charge in [-0.2, -0.15) is 0 Å². The van der Waals surface area contributed by atoms with Crippen LogP contribution in [0, 0.1) is 0 Å². The molecule has 224 valence electrons. The van der Waals surface area contributed by atoms with E-state index in [4.69, 9.17) is 15.3 Å². The Kier molecular flexibility index (Phi) is 8.01. The van der Waals surface area contributed by atoms with Gasteiger partial charge in [-0.1, -0.05) is 97.1 Å². The first kappa shape index (κ1) is 28.6. The van der Waals surface area contributed by atoms with Crippen molar-refractivity contribution < 1.29 is 14.3 Å². The van der Waals surface area contributed by atoms with E-state index in [1.54, 1.807) is 0 Å². The lowest BCUT2D eigenvalue weighted by atomic mass is 9.98. The Morgan fingerprint density at radius 3 is 1.78 bits per heavy atom. The van der Waals surface area contributed by atoms with Crippen molar-refractivity contribution in [2.75, 3.05) is 5.43 Å². The zero-order valence-electron chi connectivity index (χ0n) is 24.9.